The van der Waals surface area contributed by atoms with Crippen molar-refractivity contribution in [3.63, 3.8) is 0 Å². The van der Waals surface area contributed by atoms with Gasteiger partial charge in [-0.2, -0.15) is 0 Å². The van der Waals surface area contributed by atoms with Gasteiger partial charge in [-0.1, -0.05) is 37.3 Å². The van der Waals surface area contributed by atoms with Crippen LogP contribution in [0.25, 0.3) is 10.9 Å². The van der Waals surface area contributed by atoms with Crippen LogP contribution in [-0.4, -0.2) is 72.0 Å². The highest BCUT2D eigenvalue weighted by Crippen LogP contribution is 2.19. The molecule has 0 fully saturated rings. The predicted octanol–water partition coefficient (Wildman–Crippen LogP) is 4.53. The Bertz CT molecular complexity index is 1070. The molecule has 1 aromatic heterocycles. The fourth-order valence-electron chi connectivity index (χ4n) is 4.02. The van der Waals surface area contributed by atoms with Crippen LogP contribution in [0.15, 0.2) is 54.7 Å². The molecule has 0 aliphatic carbocycles. The van der Waals surface area contributed by atoms with Crippen LogP contribution in [0.3, 0.4) is 0 Å². The second-order valence-corrected chi connectivity index (χ2v) is 8.60. The van der Waals surface area contributed by atoms with Crippen molar-refractivity contribution in [1.82, 2.24) is 19.7 Å². The van der Waals surface area contributed by atoms with Gasteiger partial charge in [0.15, 0.2) is 0 Å². The first-order valence-electron chi connectivity index (χ1n) is 11.9. The molecule has 0 spiro atoms. The molecular formula is C27H36N4O3. The molecule has 7 nitrogen and oxygen atoms in total. The van der Waals surface area contributed by atoms with Crippen molar-refractivity contribution in [2.75, 3.05) is 40.3 Å². The second-order valence-electron chi connectivity index (χ2n) is 8.60. The third-order valence-electron chi connectivity index (χ3n) is 5.76. The second kappa shape index (κ2) is 12.1. The standard InChI is InChI=1S/C27H36N4O3/c1-5-16-31(27(33)29(3)4)20-26(32)30(19-21-11-13-23(14-12-21)34-6-2)17-15-22-18-28-25-10-8-7-9-24(22)25/h7-14,18,28H,5-6,15-17,19-20H2,1-4H3. The minimum absolute atomic E-state index is 0.0580. The van der Waals surface area contributed by atoms with Gasteiger partial charge in [0.1, 0.15) is 12.3 Å². The third-order valence-corrected chi connectivity index (χ3v) is 5.76. The number of aromatic nitrogens is 1. The first kappa shape index (κ1) is 25.1. The summed E-state index contributed by atoms with van der Waals surface area (Å²) in [7, 11) is 3.42. The van der Waals surface area contributed by atoms with Gasteiger partial charge in [-0.3, -0.25) is 4.79 Å². The monoisotopic (exact) mass is 464 g/mol. The van der Waals surface area contributed by atoms with Gasteiger partial charge in [-0.15, -0.1) is 0 Å². The van der Waals surface area contributed by atoms with E-state index in [0.717, 1.165) is 29.7 Å². The van der Waals surface area contributed by atoms with Crippen LogP contribution in [0.4, 0.5) is 4.79 Å². The molecular weight excluding hydrogens is 428 g/mol. The molecule has 0 aliphatic rings. The van der Waals surface area contributed by atoms with Gasteiger partial charge < -0.3 is 24.4 Å². The Morgan fingerprint density at radius 2 is 1.68 bits per heavy atom. The van der Waals surface area contributed by atoms with Crippen molar-refractivity contribution >= 4 is 22.8 Å². The molecule has 0 aliphatic heterocycles. The zero-order valence-corrected chi connectivity index (χ0v) is 20.7. The smallest absolute Gasteiger partial charge is 0.319 e. The molecule has 3 amide bonds. The van der Waals surface area contributed by atoms with Crippen molar-refractivity contribution in [2.45, 2.75) is 33.2 Å². The van der Waals surface area contributed by atoms with Crippen molar-refractivity contribution in [3.05, 3.63) is 65.9 Å². The van der Waals surface area contributed by atoms with E-state index in [1.54, 1.807) is 19.0 Å². The molecule has 34 heavy (non-hydrogen) atoms. The number of rotatable bonds is 11. The minimum atomic E-state index is -0.146. The Morgan fingerprint density at radius 3 is 2.35 bits per heavy atom. The average Bonchev–Trinajstić information content (AvgIpc) is 3.25. The molecule has 1 heterocycles. The number of carbonyl (C=O) groups is 2. The van der Waals surface area contributed by atoms with Gasteiger partial charge in [0.25, 0.3) is 0 Å². The van der Waals surface area contributed by atoms with Crippen LogP contribution in [0, 0.1) is 0 Å². The molecule has 0 saturated heterocycles. The zero-order valence-electron chi connectivity index (χ0n) is 20.7. The van der Waals surface area contributed by atoms with Crippen LogP contribution in [0.1, 0.15) is 31.4 Å². The lowest BCUT2D eigenvalue weighted by molar-refractivity contribution is -0.132. The molecule has 0 radical (unpaired) electrons. The molecule has 1 N–H and O–H groups in total. The number of urea groups is 1. The van der Waals surface area contributed by atoms with Crippen molar-refractivity contribution in [2.24, 2.45) is 0 Å². The predicted molar refractivity (Wildman–Crippen MR) is 136 cm³/mol. The van der Waals surface area contributed by atoms with Gasteiger partial charge in [-0.05, 0) is 49.1 Å². The molecule has 0 bridgehead atoms. The quantitative estimate of drug-likeness (QED) is 0.453. The fourth-order valence-corrected chi connectivity index (χ4v) is 4.02. The van der Waals surface area contributed by atoms with Gasteiger partial charge in [-0.25, -0.2) is 4.79 Å². The molecule has 0 unspecified atom stereocenters. The van der Waals surface area contributed by atoms with Crippen LogP contribution >= 0.6 is 0 Å². The Kier molecular flexibility index (Phi) is 8.96. The van der Waals surface area contributed by atoms with Crippen molar-refractivity contribution < 1.29 is 14.3 Å². The number of benzene rings is 2. The first-order chi connectivity index (χ1) is 16.4. The van der Waals surface area contributed by atoms with E-state index in [0.29, 0.717) is 26.2 Å². The number of hydrogen-bond donors (Lipinski definition) is 1. The molecule has 2 aromatic carbocycles. The lowest BCUT2D eigenvalue weighted by Gasteiger charge is -2.29. The van der Waals surface area contributed by atoms with Gasteiger partial charge >= 0.3 is 6.03 Å². The van der Waals surface area contributed by atoms with Crippen LogP contribution in [0.5, 0.6) is 5.75 Å². The average molecular weight is 465 g/mol. The first-order valence-corrected chi connectivity index (χ1v) is 11.9. The number of amides is 3. The van der Waals surface area contributed by atoms with E-state index in [1.807, 2.05) is 61.3 Å². The molecule has 3 rings (SSSR count). The minimum Gasteiger partial charge on any atom is -0.494 e. The highest BCUT2D eigenvalue weighted by molar-refractivity contribution is 5.85. The third kappa shape index (κ3) is 6.53. The lowest BCUT2D eigenvalue weighted by Crippen LogP contribution is -2.46. The lowest BCUT2D eigenvalue weighted by atomic mass is 10.1. The number of para-hydroxylation sites is 1. The number of nitrogens with zero attached hydrogens (tertiary/aromatic N) is 3. The number of hydrogen-bond acceptors (Lipinski definition) is 3. The molecule has 0 saturated carbocycles. The highest BCUT2D eigenvalue weighted by atomic mass is 16.5. The summed E-state index contributed by atoms with van der Waals surface area (Å²) >= 11 is 0. The van der Waals surface area contributed by atoms with E-state index >= 15 is 0 Å². The number of carbonyl (C=O) groups excluding carboxylic acids is 2. The van der Waals surface area contributed by atoms with E-state index in [9.17, 15) is 9.59 Å². The number of aromatic amines is 1. The van der Waals surface area contributed by atoms with Gasteiger partial charge in [0.2, 0.25) is 5.91 Å². The molecule has 0 atom stereocenters. The summed E-state index contributed by atoms with van der Waals surface area (Å²) in [6.45, 7) is 6.22. The summed E-state index contributed by atoms with van der Waals surface area (Å²) in [5.74, 6) is 0.756. The number of H-pyrrole nitrogens is 1. The van der Waals surface area contributed by atoms with Crippen molar-refractivity contribution in [1.29, 1.82) is 0 Å². The Balaban J connectivity index is 1.78. The summed E-state index contributed by atoms with van der Waals surface area (Å²) in [6.07, 6.45) is 3.53. The zero-order chi connectivity index (χ0) is 24.5. The van der Waals surface area contributed by atoms with E-state index in [-0.39, 0.29) is 18.5 Å². The number of nitrogens with one attached hydrogen (secondary N) is 1. The number of fused-ring (bicyclic) bond motifs is 1. The summed E-state index contributed by atoms with van der Waals surface area (Å²) in [4.78, 5) is 34.3. The molecule has 3 aromatic rings. The Labute approximate surface area is 202 Å². The van der Waals surface area contributed by atoms with Crippen LogP contribution in [-0.2, 0) is 17.8 Å². The topological polar surface area (TPSA) is 68.9 Å². The largest absolute Gasteiger partial charge is 0.494 e. The van der Waals surface area contributed by atoms with Crippen LogP contribution < -0.4 is 4.74 Å². The SMILES string of the molecule is CCCN(CC(=O)N(CCc1c[nH]c2ccccc12)Cc1ccc(OCC)cc1)C(=O)N(C)C. The summed E-state index contributed by atoms with van der Waals surface area (Å²) in [5, 5.41) is 1.17. The summed E-state index contributed by atoms with van der Waals surface area (Å²) < 4.78 is 5.55. The van der Waals surface area contributed by atoms with E-state index < -0.39 is 0 Å². The maximum absolute atomic E-state index is 13.4. The highest BCUT2D eigenvalue weighted by Gasteiger charge is 2.22. The fraction of sp³-hybridized carbons (Fsp3) is 0.407. The molecule has 7 heteroatoms. The van der Waals surface area contributed by atoms with Crippen LogP contribution in [0.2, 0.25) is 0 Å². The van der Waals surface area contributed by atoms with E-state index in [2.05, 4.69) is 17.1 Å². The van der Waals surface area contributed by atoms with E-state index in [1.165, 1.54) is 15.8 Å². The van der Waals surface area contributed by atoms with E-state index in [4.69, 9.17) is 4.74 Å². The summed E-state index contributed by atoms with van der Waals surface area (Å²) in [5.41, 5.74) is 3.29. The Morgan fingerprint density at radius 1 is 0.941 bits per heavy atom. The maximum atomic E-state index is 13.4. The summed E-state index contributed by atoms with van der Waals surface area (Å²) in [6, 6.07) is 15.9. The number of ether oxygens (including phenoxy) is 1. The van der Waals surface area contributed by atoms with Gasteiger partial charge in [0, 0.05) is 50.8 Å². The Hall–Kier alpha value is -3.48. The normalized spacial score (nSPS) is 10.8. The maximum Gasteiger partial charge on any atom is 0.319 e. The van der Waals surface area contributed by atoms with Crippen molar-refractivity contribution in [3.8, 4) is 5.75 Å². The van der Waals surface area contributed by atoms with Gasteiger partial charge in [0.05, 0.1) is 6.61 Å². The molecule has 182 valence electrons.